The third kappa shape index (κ3) is 2.96. The van der Waals surface area contributed by atoms with Crippen LogP contribution in [0.2, 0.25) is 0 Å². The maximum atomic E-state index is 5.96. The van der Waals surface area contributed by atoms with Crippen molar-refractivity contribution in [1.82, 2.24) is 4.90 Å². The summed E-state index contributed by atoms with van der Waals surface area (Å²) in [5.41, 5.74) is 1.26. The highest BCUT2D eigenvalue weighted by Gasteiger charge is 2.17. The molecule has 0 spiro atoms. The van der Waals surface area contributed by atoms with Crippen LogP contribution in [0.15, 0.2) is 24.3 Å². The molecule has 2 nitrogen and oxygen atoms in total. The Bertz CT molecular complexity index is 316. The van der Waals surface area contributed by atoms with Crippen molar-refractivity contribution in [3.8, 4) is 5.75 Å². The van der Waals surface area contributed by atoms with Crippen LogP contribution in [0, 0.1) is 6.92 Å². The Morgan fingerprint density at radius 1 is 1.27 bits per heavy atom. The SMILES string of the molecule is Cc1cccc(OC2CCN(C)CC2)c1. The standard InChI is InChI=1S/C13H19NO/c1-11-4-3-5-13(10-11)15-12-6-8-14(2)9-7-12/h3-5,10,12H,6-9H2,1-2H3. The zero-order valence-corrected chi connectivity index (χ0v) is 9.57. The first-order valence-electron chi connectivity index (χ1n) is 5.66. The van der Waals surface area contributed by atoms with Crippen molar-refractivity contribution in [2.75, 3.05) is 20.1 Å². The Hall–Kier alpha value is -1.02. The maximum Gasteiger partial charge on any atom is 0.119 e. The average Bonchev–Trinajstić information content (AvgIpc) is 2.22. The molecule has 0 amide bonds. The Labute approximate surface area is 91.9 Å². The molecule has 15 heavy (non-hydrogen) atoms. The number of rotatable bonds is 2. The van der Waals surface area contributed by atoms with E-state index >= 15 is 0 Å². The van der Waals surface area contributed by atoms with Gasteiger partial charge in [0.1, 0.15) is 11.9 Å². The van der Waals surface area contributed by atoms with Crippen molar-refractivity contribution in [3.63, 3.8) is 0 Å². The first-order chi connectivity index (χ1) is 7.24. The van der Waals surface area contributed by atoms with Gasteiger partial charge in [0.2, 0.25) is 0 Å². The van der Waals surface area contributed by atoms with Crippen LogP contribution in [-0.4, -0.2) is 31.1 Å². The van der Waals surface area contributed by atoms with Gasteiger partial charge < -0.3 is 9.64 Å². The fourth-order valence-electron chi connectivity index (χ4n) is 1.98. The summed E-state index contributed by atoms with van der Waals surface area (Å²) in [6.45, 7) is 4.40. The highest BCUT2D eigenvalue weighted by molar-refractivity contribution is 5.27. The minimum Gasteiger partial charge on any atom is -0.490 e. The molecule has 0 radical (unpaired) electrons. The molecule has 1 fully saturated rings. The summed E-state index contributed by atoms with van der Waals surface area (Å²) >= 11 is 0. The lowest BCUT2D eigenvalue weighted by molar-refractivity contribution is 0.114. The molecule has 1 aromatic rings. The van der Waals surface area contributed by atoms with Gasteiger partial charge in [0.15, 0.2) is 0 Å². The van der Waals surface area contributed by atoms with E-state index in [1.54, 1.807) is 0 Å². The Morgan fingerprint density at radius 3 is 2.67 bits per heavy atom. The zero-order valence-electron chi connectivity index (χ0n) is 9.57. The van der Waals surface area contributed by atoms with E-state index < -0.39 is 0 Å². The lowest BCUT2D eigenvalue weighted by Crippen LogP contribution is -2.35. The van der Waals surface area contributed by atoms with Crippen LogP contribution in [-0.2, 0) is 0 Å². The number of likely N-dealkylation sites (tertiary alicyclic amines) is 1. The fraction of sp³-hybridized carbons (Fsp3) is 0.538. The fourth-order valence-corrected chi connectivity index (χ4v) is 1.98. The van der Waals surface area contributed by atoms with E-state index in [0.29, 0.717) is 6.10 Å². The van der Waals surface area contributed by atoms with Gasteiger partial charge in [0.25, 0.3) is 0 Å². The van der Waals surface area contributed by atoms with E-state index in [9.17, 15) is 0 Å². The molecule has 1 aromatic carbocycles. The average molecular weight is 205 g/mol. The van der Waals surface area contributed by atoms with E-state index in [2.05, 4.69) is 37.1 Å². The second-order valence-corrected chi connectivity index (χ2v) is 4.44. The summed E-state index contributed by atoms with van der Waals surface area (Å²) in [4.78, 5) is 2.36. The molecule has 0 N–H and O–H groups in total. The quantitative estimate of drug-likeness (QED) is 0.735. The van der Waals surface area contributed by atoms with Crippen LogP contribution in [0.25, 0.3) is 0 Å². The van der Waals surface area contributed by atoms with Crippen LogP contribution < -0.4 is 4.74 Å². The normalized spacial score (nSPS) is 19.1. The van der Waals surface area contributed by atoms with Crippen molar-refractivity contribution in [1.29, 1.82) is 0 Å². The van der Waals surface area contributed by atoms with Crippen LogP contribution >= 0.6 is 0 Å². The molecule has 0 bridgehead atoms. The lowest BCUT2D eigenvalue weighted by atomic mass is 10.1. The number of aryl methyl sites for hydroxylation is 1. The van der Waals surface area contributed by atoms with Gasteiger partial charge >= 0.3 is 0 Å². The minimum absolute atomic E-state index is 0.406. The smallest absolute Gasteiger partial charge is 0.119 e. The van der Waals surface area contributed by atoms with Crippen LogP contribution in [0.1, 0.15) is 18.4 Å². The summed E-state index contributed by atoms with van der Waals surface area (Å²) in [5, 5.41) is 0. The molecule has 2 heteroatoms. The van der Waals surface area contributed by atoms with Crippen molar-refractivity contribution in [2.45, 2.75) is 25.9 Å². The predicted molar refractivity (Wildman–Crippen MR) is 62.3 cm³/mol. The van der Waals surface area contributed by atoms with E-state index in [-0.39, 0.29) is 0 Å². The minimum atomic E-state index is 0.406. The number of hydrogen-bond donors (Lipinski definition) is 0. The second kappa shape index (κ2) is 4.67. The molecule has 1 saturated heterocycles. The van der Waals surface area contributed by atoms with Gasteiger partial charge in [-0.3, -0.25) is 0 Å². The molecule has 82 valence electrons. The highest BCUT2D eigenvalue weighted by atomic mass is 16.5. The number of ether oxygens (including phenoxy) is 1. The first kappa shape index (κ1) is 10.5. The summed E-state index contributed by atoms with van der Waals surface area (Å²) in [6, 6.07) is 8.31. The Morgan fingerprint density at radius 2 is 2.00 bits per heavy atom. The first-order valence-corrected chi connectivity index (χ1v) is 5.66. The third-order valence-corrected chi connectivity index (χ3v) is 2.96. The third-order valence-electron chi connectivity index (χ3n) is 2.96. The van der Waals surface area contributed by atoms with Crippen molar-refractivity contribution < 1.29 is 4.74 Å². The summed E-state index contributed by atoms with van der Waals surface area (Å²) < 4.78 is 5.96. The molecule has 0 saturated carbocycles. The number of hydrogen-bond acceptors (Lipinski definition) is 2. The summed E-state index contributed by atoms with van der Waals surface area (Å²) in [5.74, 6) is 1.02. The van der Waals surface area contributed by atoms with Crippen LogP contribution in [0.3, 0.4) is 0 Å². The van der Waals surface area contributed by atoms with Crippen molar-refractivity contribution >= 4 is 0 Å². The van der Waals surface area contributed by atoms with Gasteiger partial charge in [-0.2, -0.15) is 0 Å². The number of benzene rings is 1. The van der Waals surface area contributed by atoms with Gasteiger partial charge in [0.05, 0.1) is 0 Å². The van der Waals surface area contributed by atoms with Gasteiger partial charge in [-0.15, -0.1) is 0 Å². The highest BCUT2D eigenvalue weighted by Crippen LogP contribution is 2.19. The van der Waals surface area contributed by atoms with Gasteiger partial charge in [-0.1, -0.05) is 12.1 Å². The molecule has 0 unspecified atom stereocenters. The van der Waals surface area contributed by atoms with E-state index in [1.165, 1.54) is 5.56 Å². The molecule has 0 atom stereocenters. The van der Waals surface area contributed by atoms with Crippen LogP contribution in [0.4, 0.5) is 0 Å². The monoisotopic (exact) mass is 205 g/mol. The van der Waals surface area contributed by atoms with Gasteiger partial charge in [-0.25, -0.2) is 0 Å². The van der Waals surface area contributed by atoms with Gasteiger partial charge in [0, 0.05) is 13.1 Å². The van der Waals surface area contributed by atoms with E-state index in [1.807, 2.05) is 6.07 Å². The Kier molecular flexibility index (Phi) is 3.27. The molecule has 1 aliphatic heterocycles. The molecule has 2 rings (SSSR count). The lowest BCUT2D eigenvalue weighted by Gasteiger charge is -2.29. The summed E-state index contributed by atoms with van der Waals surface area (Å²) in [7, 11) is 2.17. The maximum absolute atomic E-state index is 5.96. The molecular weight excluding hydrogens is 186 g/mol. The van der Waals surface area contributed by atoms with E-state index in [4.69, 9.17) is 4.74 Å². The summed E-state index contributed by atoms with van der Waals surface area (Å²) in [6.07, 6.45) is 2.69. The predicted octanol–water partition coefficient (Wildman–Crippen LogP) is 2.47. The number of nitrogens with zero attached hydrogens (tertiary/aromatic N) is 1. The zero-order chi connectivity index (χ0) is 10.7. The topological polar surface area (TPSA) is 12.5 Å². The van der Waals surface area contributed by atoms with Gasteiger partial charge in [-0.05, 0) is 44.5 Å². The molecule has 1 heterocycles. The van der Waals surface area contributed by atoms with Crippen LogP contribution in [0.5, 0.6) is 5.75 Å². The number of piperidine rings is 1. The Balaban J connectivity index is 1.92. The second-order valence-electron chi connectivity index (χ2n) is 4.44. The van der Waals surface area contributed by atoms with Crippen molar-refractivity contribution in [3.05, 3.63) is 29.8 Å². The largest absolute Gasteiger partial charge is 0.490 e. The molecule has 0 aliphatic carbocycles. The molecule has 1 aliphatic rings. The molecular formula is C13H19NO. The molecule has 0 aromatic heterocycles. The van der Waals surface area contributed by atoms with E-state index in [0.717, 1.165) is 31.7 Å². The van der Waals surface area contributed by atoms with Crippen molar-refractivity contribution in [2.24, 2.45) is 0 Å².